The molecule has 0 spiro atoms. The molecule has 19 heavy (non-hydrogen) atoms. The lowest BCUT2D eigenvalue weighted by molar-refractivity contribution is 0.415. The van der Waals surface area contributed by atoms with Crippen molar-refractivity contribution in [3.63, 3.8) is 0 Å². The van der Waals surface area contributed by atoms with E-state index in [0.29, 0.717) is 11.6 Å². The van der Waals surface area contributed by atoms with Crippen LogP contribution in [0.15, 0.2) is 22.7 Å². The molecule has 1 aromatic carbocycles. The lowest BCUT2D eigenvalue weighted by Crippen LogP contribution is -2.35. The fourth-order valence-corrected chi connectivity index (χ4v) is 1.96. The number of nitrogens with one attached hydrogen (secondary N) is 1. The summed E-state index contributed by atoms with van der Waals surface area (Å²) in [7, 11) is 0. The standard InChI is InChI=1S/C12H15BrClN5/c1-12(2,3)15-7-11-16-17-18-19(11)8-4-5-10(14)9(13)6-8/h4-6,15H,7H2,1-3H3. The van der Waals surface area contributed by atoms with Crippen molar-refractivity contribution in [1.82, 2.24) is 25.5 Å². The zero-order valence-electron chi connectivity index (χ0n) is 11.0. The second-order valence-corrected chi connectivity index (χ2v) is 6.47. The molecule has 102 valence electrons. The summed E-state index contributed by atoms with van der Waals surface area (Å²) < 4.78 is 2.51. The van der Waals surface area contributed by atoms with Crippen LogP contribution >= 0.6 is 27.5 Å². The Labute approximate surface area is 125 Å². The molecule has 0 aliphatic carbocycles. The van der Waals surface area contributed by atoms with Crippen LogP contribution in [0.25, 0.3) is 5.69 Å². The summed E-state index contributed by atoms with van der Waals surface area (Å²) in [4.78, 5) is 0. The van der Waals surface area contributed by atoms with E-state index in [1.807, 2.05) is 18.2 Å². The molecule has 1 heterocycles. The fourth-order valence-electron chi connectivity index (χ4n) is 1.48. The number of rotatable bonds is 3. The van der Waals surface area contributed by atoms with Gasteiger partial charge in [0, 0.05) is 10.0 Å². The normalized spacial score (nSPS) is 11.8. The molecule has 0 fully saturated rings. The molecular formula is C12H15BrClN5. The monoisotopic (exact) mass is 343 g/mol. The van der Waals surface area contributed by atoms with Crippen molar-refractivity contribution in [2.45, 2.75) is 32.9 Å². The second-order valence-electron chi connectivity index (χ2n) is 5.21. The maximum absolute atomic E-state index is 5.98. The number of hydrogen-bond donors (Lipinski definition) is 1. The molecule has 1 aromatic heterocycles. The number of aromatic nitrogens is 4. The van der Waals surface area contributed by atoms with Gasteiger partial charge in [-0.15, -0.1) is 5.10 Å². The van der Waals surface area contributed by atoms with E-state index in [2.05, 4.69) is 57.5 Å². The van der Waals surface area contributed by atoms with Crippen molar-refractivity contribution in [2.75, 3.05) is 0 Å². The first-order chi connectivity index (χ1) is 8.87. The smallest absolute Gasteiger partial charge is 0.170 e. The van der Waals surface area contributed by atoms with Crippen LogP contribution < -0.4 is 5.32 Å². The molecule has 0 bridgehead atoms. The Morgan fingerprint density at radius 2 is 2.11 bits per heavy atom. The van der Waals surface area contributed by atoms with E-state index in [-0.39, 0.29) is 5.54 Å². The van der Waals surface area contributed by atoms with Crippen LogP contribution in [0, 0.1) is 0 Å². The molecule has 7 heteroatoms. The van der Waals surface area contributed by atoms with Gasteiger partial charge in [-0.2, -0.15) is 4.68 Å². The Morgan fingerprint density at radius 3 is 2.74 bits per heavy atom. The lowest BCUT2D eigenvalue weighted by atomic mass is 10.1. The van der Waals surface area contributed by atoms with E-state index >= 15 is 0 Å². The van der Waals surface area contributed by atoms with Crippen LogP contribution in [0.4, 0.5) is 0 Å². The summed E-state index contributed by atoms with van der Waals surface area (Å²) in [5.74, 6) is 0.754. The molecule has 5 nitrogen and oxygen atoms in total. The third kappa shape index (κ3) is 3.75. The fraction of sp³-hybridized carbons (Fsp3) is 0.417. The van der Waals surface area contributed by atoms with Crippen LogP contribution in [0.5, 0.6) is 0 Å². The number of benzene rings is 1. The maximum Gasteiger partial charge on any atom is 0.170 e. The maximum atomic E-state index is 5.98. The molecule has 0 unspecified atom stereocenters. The summed E-state index contributed by atoms with van der Waals surface area (Å²) in [5, 5.41) is 15.8. The Hall–Kier alpha value is -0.980. The molecular weight excluding hydrogens is 330 g/mol. The number of hydrogen-bond acceptors (Lipinski definition) is 4. The summed E-state index contributed by atoms with van der Waals surface area (Å²) in [6.45, 7) is 6.89. The molecule has 0 atom stereocenters. The average molecular weight is 345 g/mol. The summed E-state index contributed by atoms with van der Waals surface area (Å²) in [6, 6.07) is 5.58. The Balaban J connectivity index is 2.26. The average Bonchev–Trinajstić information content (AvgIpc) is 2.77. The molecule has 2 aromatic rings. The highest BCUT2D eigenvalue weighted by Crippen LogP contribution is 2.24. The van der Waals surface area contributed by atoms with Gasteiger partial charge in [0.1, 0.15) is 0 Å². The highest BCUT2D eigenvalue weighted by molar-refractivity contribution is 9.10. The summed E-state index contributed by atoms with van der Waals surface area (Å²) in [5.41, 5.74) is 0.879. The first kappa shape index (κ1) is 14.4. The third-order valence-corrected chi connectivity index (χ3v) is 3.67. The topological polar surface area (TPSA) is 55.6 Å². The van der Waals surface area contributed by atoms with Crippen molar-refractivity contribution in [1.29, 1.82) is 0 Å². The zero-order valence-corrected chi connectivity index (χ0v) is 13.3. The van der Waals surface area contributed by atoms with Crippen molar-refractivity contribution in [2.24, 2.45) is 0 Å². The van der Waals surface area contributed by atoms with Gasteiger partial charge in [0.2, 0.25) is 0 Å². The zero-order chi connectivity index (χ0) is 14.0. The Morgan fingerprint density at radius 1 is 1.37 bits per heavy atom. The van der Waals surface area contributed by atoms with Gasteiger partial charge in [0.05, 0.1) is 17.3 Å². The van der Waals surface area contributed by atoms with Gasteiger partial charge in [-0.25, -0.2) is 0 Å². The van der Waals surface area contributed by atoms with Gasteiger partial charge >= 0.3 is 0 Å². The van der Waals surface area contributed by atoms with E-state index < -0.39 is 0 Å². The first-order valence-electron chi connectivity index (χ1n) is 5.84. The van der Waals surface area contributed by atoms with E-state index in [1.165, 1.54) is 0 Å². The van der Waals surface area contributed by atoms with Crippen LogP contribution in [0.3, 0.4) is 0 Å². The highest BCUT2D eigenvalue weighted by Gasteiger charge is 2.13. The van der Waals surface area contributed by atoms with Gasteiger partial charge in [-0.05, 0) is 65.3 Å². The second kappa shape index (κ2) is 5.56. The van der Waals surface area contributed by atoms with Crippen LogP contribution in [-0.4, -0.2) is 25.7 Å². The summed E-state index contributed by atoms with van der Waals surface area (Å²) >= 11 is 9.38. The van der Waals surface area contributed by atoms with Crippen molar-refractivity contribution < 1.29 is 0 Å². The molecule has 0 aliphatic heterocycles. The van der Waals surface area contributed by atoms with Gasteiger partial charge < -0.3 is 5.32 Å². The van der Waals surface area contributed by atoms with Crippen LogP contribution in [-0.2, 0) is 6.54 Å². The Bertz CT molecular complexity index is 576. The van der Waals surface area contributed by atoms with E-state index in [9.17, 15) is 0 Å². The highest BCUT2D eigenvalue weighted by atomic mass is 79.9. The molecule has 0 saturated carbocycles. The predicted octanol–water partition coefficient (Wildman–Crippen LogP) is 2.97. The molecule has 0 amide bonds. The predicted molar refractivity (Wildman–Crippen MR) is 78.5 cm³/mol. The molecule has 0 saturated heterocycles. The van der Waals surface area contributed by atoms with Crippen molar-refractivity contribution >= 4 is 27.5 Å². The molecule has 0 radical (unpaired) electrons. The molecule has 1 N–H and O–H groups in total. The van der Waals surface area contributed by atoms with Gasteiger partial charge in [0.15, 0.2) is 5.82 Å². The van der Waals surface area contributed by atoms with Gasteiger partial charge in [-0.1, -0.05) is 11.6 Å². The van der Waals surface area contributed by atoms with E-state index in [4.69, 9.17) is 11.6 Å². The quantitative estimate of drug-likeness (QED) is 0.930. The number of tetrazole rings is 1. The molecule has 2 rings (SSSR count). The van der Waals surface area contributed by atoms with E-state index in [0.717, 1.165) is 16.0 Å². The lowest BCUT2D eigenvalue weighted by Gasteiger charge is -2.19. The van der Waals surface area contributed by atoms with Crippen molar-refractivity contribution in [3.05, 3.63) is 33.5 Å². The van der Waals surface area contributed by atoms with Crippen LogP contribution in [0.1, 0.15) is 26.6 Å². The Kier molecular flexibility index (Phi) is 4.23. The van der Waals surface area contributed by atoms with Crippen LogP contribution in [0.2, 0.25) is 5.02 Å². The number of halogens is 2. The van der Waals surface area contributed by atoms with Gasteiger partial charge in [-0.3, -0.25) is 0 Å². The SMILES string of the molecule is CC(C)(C)NCc1nnnn1-c1ccc(Cl)c(Br)c1. The third-order valence-electron chi connectivity index (χ3n) is 2.46. The molecule has 0 aliphatic rings. The number of nitrogens with zero attached hydrogens (tertiary/aromatic N) is 4. The first-order valence-corrected chi connectivity index (χ1v) is 7.01. The minimum atomic E-state index is 0.0113. The van der Waals surface area contributed by atoms with Crippen molar-refractivity contribution in [3.8, 4) is 5.69 Å². The minimum absolute atomic E-state index is 0.0113. The van der Waals surface area contributed by atoms with E-state index in [1.54, 1.807) is 4.68 Å². The summed E-state index contributed by atoms with van der Waals surface area (Å²) in [6.07, 6.45) is 0. The largest absolute Gasteiger partial charge is 0.305 e. The van der Waals surface area contributed by atoms with Gasteiger partial charge in [0.25, 0.3) is 0 Å². The minimum Gasteiger partial charge on any atom is -0.305 e.